The summed E-state index contributed by atoms with van der Waals surface area (Å²) in [6.45, 7) is 0. The van der Waals surface area contributed by atoms with Gasteiger partial charge in [-0.05, 0) is 49.8 Å². The first-order valence-corrected chi connectivity index (χ1v) is 19.2. The summed E-state index contributed by atoms with van der Waals surface area (Å²) in [6, 6.07) is 40.8. The topological polar surface area (TPSA) is 131 Å². The highest BCUT2D eigenvalue weighted by atomic mass is 16.2. The molecule has 0 aliphatic heterocycles. The number of hydrogen-bond acceptors (Lipinski definition) is 6. The van der Waals surface area contributed by atoms with Gasteiger partial charge in [0, 0.05) is 61.0 Å². The first-order chi connectivity index (χ1) is 28.8. The molecular weight excluding hydrogens is 737 g/mol. The molecule has 12 aromatic rings. The van der Waals surface area contributed by atoms with Crippen molar-refractivity contribution in [2.75, 3.05) is 0 Å². The monoisotopic (exact) mass is 762 g/mol. The van der Waals surface area contributed by atoms with E-state index in [-0.39, 0.29) is 39.7 Å². The highest BCUT2D eigenvalue weighted by molar-refractivity contribution is 6.39. The number of carbonyl (C=O) groups excluding carboxylic acids is 2. The van der Waals surface area contributed by atoms with Crippen LogP contribution in [0.1, 0.15) is 27.1 Å². The molecule has 11 aromatic carbocycles. The number of aromatic amines is 2. The molecule has 0 unspecified atom stereocenters. The van der Waals surface area contributed by atoms with Crippen LogP contribution >= 0.6 is 0 Å². The standard InChI is InChI=1S/C28H12N2O4.C23H12O2/c31-25-13-5-1-3-7-15(13)27(33)21-17(25)9-11-19-23(21)29-20-12-10-18-22(24(20)30-19)28(34)16-8-4-2-6-14(16)26(18)32;24-19-11-20(25)18-10-8-16-14-6-2-4-12-3-1-5-13(21(12)14)15-7-9-17(19)23(18)22(15)16/h1-12H;1-10H,11H2/p+2. The van der Waals surface area contributed by atoms with E-state index in [1.54, 1.807) is 72.8 Å². The molecule has 8 nitrogen and oxygen atoms in total. The Kier molecular flexibility index (Phi) is 6.57. The Morgan fingerprint density at radius 3 is 1.15 bits per heavy atom. The maximum atomic E-state index is 13.4. The minimum Gasteiger partial charge on any atom is -0.294 e. The van der Waals surface area contributed by atoms with Gasteiger partial charge in [0.05, 0.1) is 6.42 Å². The van der Waals surface area contributed by atoms with Crippen LogP contribution in [0.3, 0.4) is 0 Å². The summed E-state index contributed by atoms with van der Waals surface area (Å²) in [5.41, 5.74) is 2.55. The van der Waals surface area contributed by atoms with E-state index in [4.69, 9.17) is 0 Å². The van der Waals surface area contributed by atoms with Gasteiger partial charge < -0.3 is 0 Å². The maximum Gasteiger partial charge on any atom is 0.288 e. The van der Waals surface area contributed by atoms with Crippen molar-refractivity contribution in [2.24, 2.45) is 0 Å². The van der Waals surface area contributed by atoms with Gasteiger partial charge in [0.2, 0.25) is 10.9 Å². The predicted octanol–water partition coefficient (Wildman–Crippen LogP) is 8.06. The van der Waals surface area contributed by atoms with E-state index in [9.17, 15) is 28.8 Å². The second kappa shape index (κ2) is 11.7. The molecule has 0 atom stereocenters. The average molecular weight is 763 g/mol. The van der Waals surface area contributed by atoms with E-state index in [2.05, 4.69) is 46.4 Å². The Bertz CT molecular complexity index is 3920. The summed E-state index contributed by atoms with van der Waals surface area (Å²) in [7, 11) is 0. The van der Waals surface area contributed by atoms with Crippen LogP contribution in [0.25, 0.3) is 108 Å². The van der Waals surface area contributed by atoms with Gasteiger partial charge in [-0.3, -0.25) is 28.8 Å². The lowest BCUT2D eigenvalue weighted by Crippen LogP contribution is -2.23. The Labute approximate surface area is 330 Å². The van der Waals surface area contributed by atoms with Gasteiger partial charge in [0.1, 0.15) is 10.8 Å². The molecule has 1 aromatic heterocycles. The zero-order valence-electron chi connectivity index (χ0n) is 30.9. The number of benzene rings is 11. The van der Waals surface area contributed by atoms with E-state index >= 15 is 0 Å². The molecule has 1 aliphatic carbocycles. The van der Waals surface area contributed by atoms with E-state index in [0.29, 0.717) is 76.3 Å². The molecular formula is C51H26N2O6+2. The lowest BCUT2D eigenvalue weighted by Gasteiger charge is -2.20. The number of fused-ring (bicyclic) bond motifs is 10. The van der Waals surface area contributed by atoms with Crippen LogP contribution in [0.4, 0.5) is 0 Å². The molecule has 1 heterocycles. The van der Waals surface area contributed by atoms with Crippen molar-refractivity contribution in [3.63, 3.8) is 0 Å². The van der Waals surface area contributed by atoms with Crippen LogP contribution in [0.2, 0.25) is 0 Å². The second-order valence-corrected chi connectivity index (χ2v) is 15.3. The summed E-state index contributed by atoms with van der Waals surface area (Å²) >= 11 is 0. The highest BCUT2D eigenvalue weighted by Gasteiger charge is 2.28. The summed E-state index contributed by atoms with van der Waals surface area (Å²) in [6.07, 6.45) is -0.0209. The quantitative estimate of drug-likeness (QED) is 0.0873. The predicted molar refractivity (Wildman–Crippen MR) is 233 cm³/mol. The van der Waals surface area contributed by atoms with Crippen LogP contribution in [-0.2, 0) is 0 Å². The van der Waals surface area contributed by atoms with Crippen LogP contribution in [0, 0.1) is 0 Å². The molecule has 0 amide bonds. The highest BCUT2D eigenvalue weighted by Crippen LogP contribution is 2.43. The number of ketones is 2. The number of nitrogens with one attached hydrogen (secondary N) is 2. The second-order valence-electron chi connectivity index (χ2n) is 15.3. The van der Waals surface area contributed by atoms with E-state index in [1.165, 1.54) is 21.5 Å². The molecule has 0 fully saturated rings. The minimum atomic E-state index is -0.238. The van der Waals surface area contributed by atoms with Gasteiger partial charge in [-0.1, -0.05) is 109 Å². The fourth-order valence-corrected chi connectivity index (χ4v) is 9.65. The molecule has 59 heavy (non-hydrogen) atoms. The van der Waals surface area contributed by atoms with Gasteiger partial charge in [-0.25, -0.2) is 0 Å². The molecule has 0 spiro atoms. The Morgan fingerprint density at radius 2 is 0.695 bits per heavy atom. The van der Waals surface area contributed by atoms with Crippen molar-refractivity contribution in [3.8, 4) is 0 Å². The number of rotatable bonds is 0. The summed E-state index contributed by atoms with van der Waals surface area (Å²) in [5, 5.41) is 11.7. The first kappa shape index (κ1) is 33.1. The average Bonchev–Trinajstić information content (AvgIpc) is 3.27. The van der Waals surface area contributed by atoms with E-state index in [0.717, 1.165) is 21.5 Å². The van der Waals surface area contributed by atoms with Gasteiger partial charge in [0.15, 0.2) is 22.4 Å². The molecule has 2 N–H and O–H groups in total. The summed E-state index contributed by atoms with van der Waals surface area (Å²) in [4.78, 5) is 84.3. The fraction of sp³-hybridized carbons (Fsp3) is 0.0196. The van der Waals surface area contributed by atoms with Crippen LogP contribution < -0.4 is 31.7 Å². The Balaban J connectivity index is 0.000000134. The largest absolute Gasteiger partial charge is 0.294 e. The number of hydrogen-bond donors (Lipinski definition) is 0. The first-order valence-electron chi connectivity index (χ1n) is 19.2. The van der Waals surface area contributed by atoms with Crippen molar-refractivity contribution in [3.05, 3.63) is 185 Å². The summed E-state index contributed by atoms with van der Waals surface area (Å²) < 4.78 is 0. The minimum absolute atomic E-state index is 0.0209. The number of Topliss-reactive ketones (excluding diaryl/α,β-unsaturated/α-hetero) is 2. The zero-order valence-corrected chi connectivity index (χ0v) is 30.9. The third-order valence-electron chi connectivity index (χ3n) is 12.3. The SMILES string of the molecule is O=C1CC(=O)c2ccc3c4cccc5cccc(c6ccc1c2c63)c54.O=c1c2ccccc2c(=O)c2c1ccc1[nH+]c3c(ccc4c(=O)c5ccccc5c(=O)c43)[nH+]c12. The van der Waals surface area contributed by atoms with Gasteiger partial charge in [-0.2, -0.15) is 9.97 Å². The van der Waals surface area contributed by atoms with E-state index in [1.807, 2.05) is 24.3 Å². The smallest absolute Gasteiger partial charge is 0.288 e. The van der Waals surface area contributed by atoms with Gasteiger partial charge in [0.25, 0.3) is 22.1 Å². The fourth-order valence-electron chi connectivity index (χ4n) is 9.65. The van der Waals surface area contributed by atoms with Crippen molar-refractivity contribution in [2.45, 2.75) is 6.42 Å². The summed E-state index contributed by atoms with van der Waals surface area (Å²) in [5.74, 6) is -0.142. The number of H-pyrrole nitrogens is 2. The molecule has 13 rings (SSSR count). The van der Waals surface area contributed by atoms with E-state index < -0.39 is 0 Å². The third kappa shape index (κ3) is 4.37. The number of carbonyl (C=O) groups is 2. The molecule has 8 heteroatoms. The maximum absolute atomic E-state index is 13.4. The molecule has 274 valence electrons. The van der Waals surface area contributed by atoms with Crippen molar-refractivity contribution in [1.29, 1.82) is 0 Å². The van der Waals surface area contributed by atoms with Crippen molar-refractivity contribution >= 4 is 120 Å². The molecule has 0 saturated carbocycles. The number of aromatic nitrogens is 2. The Hall–Kier alpha value is -8.10. The normalized spacial score (nSPS) is 13.0. The van der Waals surface area contributed by atoms with Crippen molar-refractivity contribution < 1.29 is 19.6 Å². The van der Waals surface area contributed by atoms with Crippen LogP contribution in [0.15, 0.2) is 153 Å². The molecule has 0 bridgehead atoms. The molecule has 0 saturated heterocycles. The van der Waals surface area contributed by atoms with Crippen LogP contribution in [-0.4, -0.2) is 11.6 Å². The van der Waals surface area contributed by atoms with Crippen LogP contribution in [0.5, 0.6) is 0 Å². The molecule has 0 radical (unpaired) electrons. The van der Waals surface area contributed by atoms with Gasteiger partial charge in [-0.15, -0.1) is 0 Å². The molecule has 1 aliphatic rings. The Morgan fingerprint density at radius 1 is 0.305 bits per heavy atom. The van der Waals surface area contributed by atoms with Gasteiger partial charge >= 0.3 is 0 Å². The lowest BCUT2D eigenvalue weighted by atomic mass is 9.81. The lowest BCUT2D eigenvalue weighted by molar-refractivity contribution is -0.359. The third-order valence-corrected chi connectivity index (χ3v) is 12.3. The zero-order chi connectivity index (χ0) is 39.8. The van der Waals surface area contributed by atoms with Crippen molar-refractivity contribution in [1.82, 2.24) is 0 Å².